The molecule has 0 radical (unpaired) electrons. The lowest BCUT2D eigenvalue weighted by Crippen LogP contribution is -2.42. The standard InChI is InChI=1S/C29H45NO8/c1-9-10-11-24(31)36-19(2)18-30-21(27(34)35)14-20-12-13-22(37-25(32)16-28(3,4)5)23(15-20)38-26(33)17-29(6,7)8/h12-13,15,19,21,30H,9-11,14,16-18H2,1-8H3,(H,34,35)/t19?,21-/m0/s1. The van der Waals surface area contributed by atoms with Crippen LogP contribution in [0.1, 0.15) is 93.1 Å². The molecule has 0 aromatic heterocycles. The molecule has 0 heterocycles. The molecule has 0 bridgehead atoms. The van der Waals surface area contributed by atoms with Crippen molar-refractivity contribution in [2.24, 2.45) is 10.8 Å². The third-order valence-corrected chi connectivity index (χ3v) is 5.26. The van der Waals surface area contributed by atoms with Gasteiger partial charge in [-0.05, 0) is 48.3 Å². The van der Waals surface area contributed by atoms with Crippen molar-refractivity contribution in [3.05, 3.63) is 23.8 Å². The molecule has 0 aliphatic carbocycles. The SMILES string of the molecule is CCCCC(=O)OC(C)CN[C@@H](Cc1ccc(OC(=O)CC(C)(C)C)c(OC(=O)CC(C)(C)C)c1)C(=O)O. The van der Waals surface area contributed by atoms with Gasteiger partial charge in [-0.25, -0.2) is 0 Å². The Morgan fingerprint density at radius 3 is 1.95 bits per heavy atom. The van der Waals surface area contributed by atoms with Gasteiger partial charge in [0.15, 0.2) is 11.5 Å². The predicted molar refractivity (Wildman–Crippen MR) is 144 cm³/mol. The molecular formula is C29H45NO8. The zero-order valence-electron chi connectivity index (χ0n) is 24.1. The highest BCUT2D eigenvalue weighted by atomic mass is 16.6. The summed E-state index contributed by atoms with van der Waals surface area (Å²) in [5, 5.41) is 12.7. The van der Waals surface area contributed by atoms with Crippen LogP contribution in [0, 0.1) is 10.8 Å². The Balaban J connectivity index is 3.04. The fourth-order valence-electron chi connectivity index (χ4n) is 3.46. The number of ether oxygens (including phenoxy) is 3. The summed E-state index contributed by atoms with van der Waals surface area (Å²) in [7, 11) is 0. The van der Waals surface area contributed by atoms with Gasteiger partial charge in [-0.2, -0.15) is 0 Å². The minimum atomic E-state index is -1.08. The molecule has 1 rings (SSSR count). The quantitative estimate of drug-likeness (QED) is 0.248. The number of hydrogen-bond acceptors (Lipinski definition) is 8. The average Bonchev–Trinajstić information content (AvgIpc) is 2.73. The first kappa shape index (κ1) is 33.1. The molecule has 1 aromatic rings. The minimum absolute atomic E-state index is 0.0568. The molecule has 9 nitrogen and oxygen atoms in total. The van der Waals surface area contributed by atoms with E-state index >= 15 is 0 Å². The van der Waals surface area contributed by atoms with Gasteiger partial charge in [-0.1, -0.05) is 61.0 Å². The monoisotopic (exact) mass is 535 g/mol. The molecule has 0 spiro atoms. The Morgan fingerprint density at radius 2 is 1.45 bits per heavy atom. The molecule has 0 fully saturated rings. The Morgan fingerprint density at radius 1 is 0.895 bits per heavy atom. The van der Waals surface area contributed by atoms with Gasteiger partial charge < -0.3 is 24.6 Å². The molecular weight excluding hydrogens is 490 g/mol. The van der Waals surface area contributed by atoms with Crippen LogP contribution < -0.4 is 14.8 Å². The van der Waals surface area contributed by atoms with Gasteiger partial charge >= 0.3 is 23.9 Å². The zero-order valence-corrected chi connectivity index (χ0v) is 24.1. The summed E-state index contributed by atoms with van der Waals surface area (Å²) < 4.78 is 16.4. The second-order valence-electron chi connectivity index (χ2n) is 12.1. The van der Waals surface area contributed by atoms with Crippen LogP contribution in [-0.2, 0) is 30.3 Å². The van der Waals surface area contributed by atoms with Crippen LogP contribution in [0.5, 0.6) is 11.5 Å². The zero-order chi connectivity index (χ0) is 29.1. The van der Waals surface area contributed by atoms with Crippen molar-refractivity contribution in [2.75, 3.05) is 6.54 Å². The fraction of sp³-hybridized carbons (Fsp3) is 0.655. The lowest BCUT2D eigenvalue weighted by molar-refractivity contribution is -0.148. The Labute approximate surface area is 226 Å². The van der Waals surface area contributed by atoms with Gasteiger partial charge in [-0.15, -0.1) is 0 Å². The summed E-state index contributed by atoms with van der Waals surface area (Å²) in [5.41, 5.74) is -0.0407. The number of carbonyl (C=O) groups is 4. The maximum absolute atomic E-state index is 12.6. The van der Waals surface area contributed by atoms with Crippen LogP contribution >= 0.6 is 0 Å². The molecule has 2 N–H and O–H groups in total. The van der Waals surface area contributed by atoms with E-state index < -0.39 is 30.1 Å². The first-order chi connectivity index (χ1) is 17.5. The predicted octanol–water partition coefficient (Wildman–Crippen LogP) is 5.08. The molecule has 214 valence electrons. The normalized spacial score (nSPS) is 13.4. The fourth-order valence-corrected chi connectivity index (χ4v) is 3.46. The molecule has 0 saturated heterocycles. The van der Waals surface area contributed by atoms with Gasteiger partial charge in [0.05, 0.1) is 12.8 Å². The van der Waals surface area contributed by atoms with E-state index in [4.69, 9.17) is 14.2 Å². The number of esters is 3. The second-order valence-corrected chi connectivity index (χ2v) is 12.1. The van der Waals surface area contributed by atoms with E-state index in [0.29, 0.717) is 12.0 Å². The minimum Gasteiger partial charge on any atom is -0.480 e. The summed E-state index contributed by atoms with van der Waals surface area (Å²) in [6.07, 6.45) is 1.81. The molecule has 1 unspecified atom stereocenters. The maximum atomic E-state index is 12.6. The van der Waals surface area contributed by atoms with E-state index in [1.54, 1.807) is 13.0 Å². The van der Waals surface area contributed by atoms with E-state index in [-0.39, 0.29) is 54.1 Å². The molecule has 0 aliphatic rings. The first-order valence-corrected chi connectivity index (χ1v) is 13.2. The Kier molecular flexibility index (Phi) is 12.9. The van der Waals surface area contributed by atoms with Gasteiger partial charge in [-0.3, -0.25) is 19.2 Å². The number of carbonyl (C=O) groups excluding carboxylic acids is 3. The van der Waals surface area contributed by atoms with Crippen molar-refractivity contribution in [1.82, 2.24) is 5.32 Å². The van der Waals surface area contributed by atoms with E-state index in [2.05, 4.69) is 5.32 Å². The van der Waals surface area contributed by atoms with E-state index in [1.807, 2.05) is 48.5 Å². The number of carboxylic acid groups (broad SMARTS) is 1. The largest absolute Gasteiger partial charge is 0.480 e. The molecule has 1 aromatic carbocycles. The lowest BCUT2D eigenvalue weighted by Gasteiger charge is -2.21. The summed E-state index contributed by atoms with van der Waals surface area (Å²) in [6.45, 7) is 15.3. The number of benzene rings is 1. The molecule has 2 atom stereocenters. The molecule has 0 amide bonds. The number of hydrogen-bond donors (Lipinski definition) is 2. The van der Waals surface area contributed by atoms with Crippen LogP contribution in [0.3, 0.4) is 0 Å². The Bertz CT molecular complexity index is 958. The number of carboxylic acids is 1. The summed E-state index contributed by atoms with van der Waals surface area (Å²) in [5.74, 6) is -2.20. The van der Waals surface area contributed by atoms with Gasteiger partial charge in [0, 0.05) is 13.0 Å². The third kappa shape index (κ3) is 14.1. The van der Waals surface area contributed by atoms with Crippen LogP contribution in [-0.4, -0.2) is 47.7 Å². The topological polar surface area (TPSA) is 128 Å². The van der Waals surface area contributed by atoms with Crippen LogP contribution in [0.4, 0.5) is 0 Å². The number of unbranched alkanes of at least 4 members (excludes halogenated alkanes) is 1. The van der Waals surface area contributed by atoms with Crippen LogP contribution in [0.15, 0.2) is 18.2 Å². The summed E-state index contributed by atoms with van der Waals surface area (Å²) >= 11 is 0. The van der Waals surface area contributed by atoms with Crippen molar-refractivity contribution < 1.29 is 38.5 Å². The number of aliphatic carboxylic acids is 1. The Hall–Kier alpha value is -2.94. The van der Waals surface area contributed by atoms with Crippen LogP contribution in [0.2, 0.25) is 0 Å². The highest BCUT2D eigenvalue weighted by Gasteiger charge is 2.24. The maximum Gasteiger partial charge on any atom is 0.321 e. The van der Waals surface area contributed by atoms with Crippen molar-refractivity contribution >= 4 is 23.9 Å². The molecule has 0 saturated carbocycles. The lowest BCUT2D eigenvalue weighted by atomic mass is 9.92. The molecule has 38 heavy (non-hydrogen) atoms. The van der Waals surface area contributed by atoms with Crippen molar-refractivity contribution in [3.63, 3.8) is 0 Å². The van der Waals surface area contributed by atoms with E-state index in [1.165, 1.54) is 12.1 Å². The second kappa shape index (κ2) is 14.9. The average molecular weight is 536 g/mol. The van der Waals surface area contributed by atoms with Gasteiger partial charge in [0.25, 0.3) is 0 Å². The van der Waals surface area contributed by atoms with E-state index in [0.717, 1.165) is 12.8 Å². The summed E-state index contributed by atoms with van der Waals surface area (Å²) in [6, 6.07) is 3.67. The highest BCUT2D eigenvalue weighted by molar-refractivity contribution is 5.77. The van der Waals surface area contributed by atoms with Gasteiger partial charge in [0.1, 0.15) is 12.1 Å². The summed E-state index contributed by atoms with van der Waals surface area (Å²) in [4.78, 5) is 48.8. The highest BCUT2D eigenvalue weighted by Crippen LogP contribution is 2.32. The molecule has 0 aliphatic heterocycles. The van der Waals surface area contributed by atoms with Gasteiger partial charge in [0.2, 0.25) is 0 Å². The number of nitrogens with one attached hydrogen (secondary N) is 1. The molecule has 9 heteroatoms. The first-order valence-electron chi connectivity index (χ1n) is 13.2. The third-order valence-electron chi connectivity index (χ3n) is 5.26. The van der Waals surface area contributed by atoms with E-state index in [9.17, 15) is 24.3 Å². The smallest absolute Gasteiger partial charge is 0.321 e. The van der Waals surface area contributed by atoms with Crippen molar-refractivity contribution in [1.29, 1.82) is 0 Å². The van der Waals surface area contributed by atoms with Crippen molar-refractivity contribution in [3.8, 4) is 11.5 Å². The van der Waals surface area contributed by atoms with Crippen LogP contribution in [0.25, 0.3) is 0 Å². The van der Waals surface area contributed by atoms with Crippen molar-refractivity contribution in [2.45, 2.75) is 106 Å². The number of rotatable bonds is 14.